The number of fused-ring (bicyclic) bond motifs is 6. The van der Waals surface area contributed by atoms with Gasteiger partial charge in [-0.15, -0.1) is 0 Å². The van der Waals surface area contributed by atoms with Gasteiger partial charge in [-0.25, -0.2) is 0 Å². The molecule has 0 fully saturated rings. The van der Waals surface area contributed by atoms with Crippen molar-refractivity contribution in [3.05, 3.63) is 89.1 Å². The van der Waals surface area contributed by atoms with Crippen molar-refractivity contribution in [2.45, 2.75) is 33.1 Å². The zero-order valence-electron chi connectivity index (χ0n) is 17.7. The van der Waals surface area contributed by atoms with Crippen LogP contribution >= 0.6 is 0 Å². The minimum absolute atomic E-state index is 0.0318. The van der Waals surface area contributed by atoms with Crippen molar-refractivity contribution in [3.8, 4) is 22.4 Å². The van der Waals surface area contributed by atoms with Crippen LogP contribution in [0.5, 0.6) is 0 Å². The van der Waals surface area contributed by atoms with Crippen molar-refractivity contribution >= 4 is 21.9 Å². The van der Waals surface area contributed by atoms with Crippen LogP contribution in [0.25, 0.3) is 44.3 Å². The summed E-state index contributed by atoms with van der Waals surface area (Å²) in [5.74, 6) is 0. The average Bonchev–Trinajstić information content (AvgIpc) is 3.19. The van der Waals surface area contributed by atoms with E-state index in [2.05, 4.69) is 87.3 Å². The maximum atomic E-state index is 6.54. The highest BCUT2D eigenvalue weighted by Gasteiger charge is 2.36. The molecule has 0 bridgehead atoms. The predicted molar refractivity (Wildman–Crippen MR) is 124 cm³/mol. The third-order valence-electron chi connectivity index (χ3n) is 6.72. The van der Waals surface area contributed by atoms with Gasteiger partial charge in [0, 0.05) is 27.9 Å². The van der Waals surface area contributed by atoms with Gasteiger partial charge in [0.2, 0.25) is 0 Å². The van der Waals surface area contributed by atoms with E-state index in [1.807, 2.05) is 12.3 Å². The lowest BCUT2D eigenvalue weighted by atomic mass is 9.82. The van der Waals surface area contributed by atoms with Crippen LogP contribution in [0.4, 0.5) is 0 Å². The van der Waals surface area contributed by atoms with E-state index in [9.17, 15) is 0 Å². The second-order valence-electron chi connectivity index (χ2n) is 9.02. The molecule has 0 radical (unpaired) electrons. The van der Waals surface area contributed by atoms with Gasteiger partial charge < -0.3 is 4.42 Å². The molecule has 0 amide bonds. The molecule has 3 aromatic carbocycles. The molecule has 30 heavy (non-hydrogen) atoms. The fourth-order valence-electron chi connectivity index (χ4n) is 5.12. The van der Waals surface area contributed by atoms with E-state index in [0.717, 1.165) is 27.8 Å². The van der Waals surface area contributed by atoms with E-state index in [1.165, 1.54) is 38.8 Å². The van der Waals surface area contributed by atoms with Crippen LogP contribution in [0, 0.1) is 13.8 Å². The minimum Gasteiger partial charge on any atom is -0.455 e. The number of aryl methyl sites for hydroxylation is 2. The first kappa shape index (κ1) is 17.5. The standard InChI is InChI=1S/C28H23NO/c1-16-11-12-29-24(13-16)26-17(2)9-10-19-21-14-20-18-7-5-6-8-22(18)28(3,4)23(20)15-25(21)30-27(19)26/h5-15H,1-4H3. The molecule has 146 valence electrons. The minimum atomic E-state index is -0.0318. The van der Waals surface area contributed by atoms with Crippen molar-refractivity contribution in [2.75, 3.05) is 0 Å². The third kappa shape index (κ3) is 2.22. The first-order valence-electron chi connectivity index (χ1n) is 10.5. The average molecular weight is 389 g/mol. The van der Waals surface area contributed by atoms with Gasteiger partial charge in [0.05, 0.1) is 5.69 Å². The highest BCUT2D eigenvalue weighted by Crippen LogP contribution is 2.51. The van der Waals surface area contributed by atoms with Crippen LogP contribution < -0.4 is 0 Å². The Morgan fingerprint density at radius 3 is 2.47 bits per heavy atom. The Balaban J connectivity index is 1.70. The van der Waals surface area contributed by atoms with Gasteiger partial charge in [-0.05, 0) is 71.5 Å². The summed E-state index contributed by atoms with van der Waals surface area (Å²) >= 11 is 0. The second kappa shape index (κ2) is 5.82. The van der Waals surface area contributed by atoms with Gasteiger partial charge in [-0.1, -0.05) is 50.2 Å². The van der Waals surface area contributed by atoms with Gasteiger partial charge in [0.15, 0.2) is 0 Å². The Morgan fingerprint density at radius 2 is 1.63 bits per heavy atom. The molecule has 5 aromatic rings. The number of hydrogen-bond acceptors (Lipinski definition) is 2. The van der Waals surface area contributed by atoms with Crippen molar-refractivity contribution in [1.82, 2.24) is 4.98 Å². The fraction of sp³-hybridized carbons (Fsp3) is 0.179. The number of furan rings is 1. The molecule has 0 aliphatic heterocycles. The molecule has 0 atom stereocenters. The molecule has 2 nitrogen and oxygen atoms in total. The van der Waals surface area contributed by atoms with E-state index < -0.39 is 0 Å². The molecular formula is C28H23NO. The monoisotopic (exact) mass is 389 g/mol. The van der Waals surface area contributed by atoms with E-state index in [4.69, 9.17) is 4.42 Å². The van der Waals surface area contributed by atoms with E-state index in [1.54, 1.807) is 0 Å². The number of aromatic nitrogens is 1. The highest BCUT2D eigenvalue weighted by atomic mass is 16.3. The molecule has 0 saturated heterocycles. The SMILES string of the molecule is Cc1ccnc(-c2c(C)ccc3c2oc2cc4c(cc23)-c2ccccc2C4(C)C)c1. The molecule has 2 heterocycles. The molecule has 0 unspecified atom stereocenters. The molecule has 6 rings (SSSR count). The molecule has 2 heteroatoms. The van der Waals surface area contributed by atoms with Crippen molar-refractivity contribution in [3.63, 3.8) is 0 Å². The van der Waals surface area contributed by atoms with Gasteiger partial charge in [-0.3, -0.25) is 4.98 Å². The van der Waals surface area contributed by atoms with Gasteiger partial charge in [-0.2, -0.15) is 0 Å². The number of pyridine rings is 1. The third-order valence-corrected chi connectivity index (χ3v) is 6.72. The topological polar surface area (TPSA) is 26.0 Å². The summed E-state index contributed by atoms with van der Waals surface area (Å²) < 4.78 is 6.54. The van der Waals surface area contributed by atoms with Crippen molar-refractivity contribution in [2.24, 2.45) is 0 Å². The van der Waals surface area contributed by atoms with Crippen molar-refractivity contribution < 1.29 is 4.42 Å². The largest absolute Gasteiger partial charge is 0.455 e. The summed E-state index contributed by atoms with van der Waals surface area (Å²) in [6, 6.07) is 21.9. The fourth-order valence-corrected chi connectivity index (χ4v) is 5.12. The van der Waals surface area contributed by atoms with Crippen molar-refractivity contribution in [1.29, 1.82) is 0 Å². The Bertz CT molecular complexity index is 1490. The normalized spacial score (nSPS) is 14.3. The number of benzene rings is 3. The lowest BCUT2D eigenvalue weighted by molar-refractivity contribution is 0.647. The zero-order valence-corrected chi connectivity index (χ0v) is 17.7. The summed E-state index contributed by atoms with van der Waals surface area (Å²) in [4.78, 5) is 4.65. The summed E-state index contributed by atoms with van der Waals surface area (Å²) in [5.41, 5.74) is 11.7. The lowest BCUT2D eigenvalue weighted by Crippen LogP contribution is -2.14. The molecule has 1 aliphatic rings. The quantitative estimate of drug-likeness (QED) is 0.295. The van der Waals surface area contributed by atoms with Gasteiger partial charge >= 0.3 is 0 Å². The van der Waals surface area contributed by atoms with E-state index >= 15 is 0 Å². The molecule has 0 saturated carbocycles. The van der Waals surface area contributed by atoms with Gasteiger partial charge in [0.1, 0.15) is 11.2 Å². The van der Waals surface area contributed by atoms with E-state index in [0.29, 0.717) is 0 Å². The van der Waals surface area contributed by atoms with Crippen LogP contribution in [0.2, 0.25) is 0 Å². The van der Waals surface area contributed by atoms with Crippen LogP contribution in [0.1, 0.15) is 36.1 Å². The highest BCUT2D eigenvalue weighted by molar-refractivity contribution is 6.11. The molecule has 0 N–H and O–H groups in total. The van der Waals surface area contributed by atoms with E-state index in [-0.39, 0.29) is 5.41 Å². The Hall–Kier alpha value is -3.39. The van der Waals surface area contributed by atoms with Crippen LogP contribution in [0.3, 0.4) is 0 Å². The number of nitrogens with zero attached hydrogens (tertiary/aromatic N) is 1. The summed E-state index contributed by atoms with van der Waals surface area (Å²) in [7, 11) is 0. The summed E-state index contributed by atoms with van der Waals surface area (Å²) in [6.07, 6.45) is 1.87. The first-order chi connectivity index (χ1) is 14.4. The van der Waals surface area contributed by atoms with Crippen LogP contribution in [-0.4, -0.2) is 4.98 Å². The smallest absolute Gasteiger partial charge is 0.145 e. The zero-order chi connectivity index (χ0) is 20.6. The molecule has 2 aromatic heterocycles. The second-order valence-corrected chi connectivity index (χ2v) is 9.02. The molecule has 0 spiro atoms. The summed E-state index contributed by atoms with van der Waals surface area (Å²) in [5, 5.41) is 2.32. The Kier molecular flexibility index (Phi) is 3.39. The summed E-state index contributed by atoms with van der Waals surface area (Å²) in [6.45, 7) is 8.84. The lowest BCUT2D eigenvalue weighted by Gasteiger charge is -2.21. The maximum absolute atomic E-state index is 6.54. The predicted octanol–water partition coefficient (Wildman–Crippen LogP) is 7.57. The molecular weight excluding hydrogens is 366 g/mol. The number of rotatable bonds is 1. The molecule has 1 aliphatic carbocycles. The Labute approximate surface area is 176 Å². The first-order valence-corrected chi connectivity index (χ1v) is 10.5. The Morgan fingerprint density at radius 1 is 0.800 bits per heavy atom. The maximum Gasteiger partial charge on any atom is 0.145 e. The van der Waals surface area contributed by atoms with Gasteiger partial charge in [0.25, 0.3) is 0 Å². The van der Waals surface area contributed by atoms with Crippen LogP contribution in [-0.2, 0) is 5.41 Å². The number of hydrogen-bond donors (Lipinski definition) is 0. The van der Waals surface area contributed by atoms with Crippen LogP contribution in [0.15, 0.2) is 71.3 Å².